The minimum absolute atomic E-state index is 0.0546. The monoisotopic (exact) mass is 339 g/mol. The fourth-order valence-corrected chi connectivity index (χ4v) is 2.97. The lowest BCUT2D eigenvalue weighted by Gasteiger charge is -2.23. The number of carbonyl (C=O) groups is 1. The molecule has 0 saturated carbocycles. The lowest BCUT2D eigenvalue weighted by atomic mass is 10.1. The second-order valence-corrected chi connectivity index (χ2v) is 6.10. The zero-order valence-corrected chi connectivity index (χ0v) is 13.7. The third-order valence-electron chi connectivity index (χ3n) is 3.55. The number of carbonyl (C=O) groups excluding carboxylic acids is 1. The van der Waals surface area contributed by atoms with Gasteiger partial charge in [-0.25, -0.2) is 0 Å². The molecule has 1 aromatic rings. The Bertz CT molecular complexity index is 478. The van der Waals surface area contributed by atoms with Crippen LogP contribution in [-0.4, -0.2) is 31.6 Å². The SMILES string of the molecule is CCNCc1ccc(Br)cc1N1CCC(NC(C)=O)C1. The van der Waals surface area contributed by atoms with Crippen LogP contribution in [0.3, 0.4) is 0 Å². The normalized spacial score (nSPS) is 18.4. The number of rotatable bonds is 5. The van der Waals surface area contributed by atoms with E-state index in [1.807, 2.05) is 0 Å². The maximum atomic E-state index is 11.2. The summed E-state index contributed by atoms with van der Waals surface area (Å²) in [6, 6.07) is 6.67. The molecule has 0 spiro atoms. The molecule has 2 N–H and O–H groups in total. The summed E-state index contributed by atoms with van der Waals surface area (Å²) in [5.41, 5.74) is 2.56. The fourth-order valence-electron chi connectivity index (χ4n) is 2.62. The molecule has 1 unspecified atom stereocenters. The van der Waals surface area contributed by atoms with Gasteiger partial charge in [0, 0.05) is 42.8 Å². The summed E-state index contributed by atoms with van der Waals surface area (Å²) in [6.07, 6.45) is 1.01. The van der Waals surface area contributed by atoms with Crippen molar-refractivity contribution in [3.8, 4) is 0 Å². The fraction of sp³-hybridized carbons (Fsp3) is 0.533. The molecule has 0 aliphatic carbocycles. The second-order valence-electron chi connectivity index (χ2n) is 5.19. The van der Waals surface area contributed by atoms with Gasteiger partial charge in [-0.2, -0.15) is 0 Å². The third kappa shape index (κ3) is 3.96. The van der Waals surface area contributed by atoms with Crippen molar-refractivity contribution in [3.05, 3.63) is 28.2 Å². The maximum Gasteiger partial charge on any atom is 0.217 e. The van der Waals surface area contributed by atoms with Crippen molar-refractivity contribution in [3.63, 3.8) is 0 Å². The topological polar surface area (TPSA) is 44.4 Å². The molecule has 1 aliphatic heterocycles. The number of nitrogens with zero attached hydrogens (tertiary/aromatic N) is 1. The van der Waals surface area contributed by atoms with Gasteiger partial charge in [-0.15, -0.1) is 0 Å². The third-order valence-corrected chi connectivity index (χ3v) is 4.04. The van der Waals surface area contributed by atoms with Gasteiger partial charge in [0.1, 0.15) is 0 Å². The molecule has 1 fully saturated rings. The summed E-state index contributed by atoms with van der Waals surface area (Å²) < 4.78 is 1.09. The molecule has 4 nitrogen and oxygen atoms in total. The molecule has 1 aromatic carbocycles. The van der Waals surface area contributed by atoms with Crippen LogP contribution >= 0.6 is 15.9 Å². The van der Waals surface area contributed by atoms with E-state index in [1.54, 1.807) is 6.92 Å². The van der Waals surface area contributed by atoms with E-state index < -0.39 is 0 Å². The lowest BCUT2D eigenvalue weighted by Crippen LogP contribution is -2.35. The van der Waals surface area contributed by atoms with Gasteiger partial charge in [0.05, 0.1) is 0 Å². The predicted molar refractivity (Wildman–Crippen MR) is 86.0 cm³/mol. The number of nitrogens with one attached hydrogen (secondary N) is 2. The van der Waals surface area contributed by atoms with Crippen molar-refractivity contribution in [2.24, 2.45) is 0 Å². The van der Waals surface area contributed by atoms with E-state index in [1.165, 1.54) is 11.3 Å². The minimum atomic E-state index is 0.0546. The van der Waals surface area contributed by atoms with E-state index in [9.17, 15) is 4.79 Å². The Morgan fingerprint density at radius 3 is 3.00 bits per heavy atom. The molecule has 0 radical (unpaired) electrons. The molecule has 1 atom stereocenters. The van der Waals surface area contributed by atoms with Gasteiger partial charge in [-0.3, -0.25) is 4.79 Å². The number of hydrogen-bond acceptors (Lipinski definition) is 3. The Balaban J connectivity index is 2.11. The Morgan fingerprint density at radius 2 is 2.30 bits per heavy atom. The van der Waals surface area contributed by atoms with Crippen molar-refractivity contribution in [1.29, 1.82) is 0 Å². The van der Waals surface area contributed by atoms with Crippen LogP contribution in [0.1, 0.15) is 25.8 Å². The lowest BCUT2D eigenvalue weighted by molar-refractivity contribution is -0.119. The Labute approximate surface area is 129 Å². The predicted octanol–water partition coefficient (Wildman–Crippen LogP) is 2.27. The molecule has 1 aliphatic rings. The van der Waals surface area contributed by atoms with Gasteiger partial charge < -0.3 is 15.5 Å². The number of benzene rings is 1. The molecule has 0 bridgehead atoms. The van der Waals surface area contributed by atoms with Crippen LogP contribution in [0.2, 0.25) is 0 Å². The van der Waals surface area contributed by atoms with Gasteiger partial charge in [0.2, 0.25) is 5.91 Å². The van der Waals surface area contributed by atoms with Gasteiger partial charge in [0.25, 0.3) is 0 Å². The van der Waals surface area contributed by atoms with Crippen LogP contribution in [0.25, 0.3) is 0 Å². The van der Waals surface area contributed by atoms with Crippen molar-refractivity contribution in [2.75, 3.05) is 24.5 Å². The summed E-state index contributed by atoms with van der Waals surface area (Å²) in [7, 11) is 0. The van der Waals surface area contributed by atoms with E-state index >= 15 is 0 Å². The van der Waals surface area contributed by atoms with E-state index in [2.05, 4.69) is 56.6 Å². The van der Waals surface area contributed by atoms with Gasteiger partial charge in [0.15, 0.2) is 0 Å². The Hall–Kier alpha value is -1.07. The number of anilines is 1. The van der Waals surface area contributed by atoms with Crippen LogP contribution in [0.5, 0.6) is 0 Å². The summed E-state index contributed by atoms with van der Waals surface area (Å²) >= 11 is 3.55. The quantitative estimate of drug-likeness (QED) is 0.864. The highest BCUT2D eigenvalue weighted by atomic mass is 79.9. The first-order valence-electron chi connectivity index (χ1n) is 7.11. The zero-order valence-electron chi connectivity index (χ0n) is 12.1. The largest absolute Gasteiger partial charge is 0.369 e. The number of amides is 1. The zero-order chi connectivity index (χ0) is 14.5. The molecule has 5 heteroatoms. The van der Waals surface area contributed by atoms with Crippen LogP contribution < -0.4 is 15.5 Å². The first kappa shape index (κ1) is 15.3. The summed E-state index contributed by atoms with van der Waals surface area (Å²) in [5.74, 6) is 0.0546. The number of halogens is 1. The van der Waals surface area contributed by atoms with Crippen LogP contribution in [0.4, 0.5) is 5.69 Å². The van der Waals surface area contributed by atoms with E-state index in [0.717, 1.165) is 37.1 Å². The molecule has 0 aromatic heterocycles. The van der Waals surface area contributed by atoms with E-state index in [0.29, 0.717) is 0 Å². The van der Waals surface area contributed by atoms with Crippen molar-refractivity contribution in [1.82, 2.24) is 10.6 Å². The van der Waals surface area contributed by atoms with Crippen LogP contribution in [0.15, 0.2) is 22.7 Å². The number of hydrogen-bond donors (Lipinski definition) is 2. The summed E-state index contributed by atoms with van der Waals surface area (Å²) in [5, 5.41) is 6.39. The summed E-state index contributed by atoms with van der Waals surface area (Å²) in [6.45, 7) is 7.40. The van der Waals surface area contributed by atoms with Gasteiger partial charge in [-0.1, -0.05) is 28.9 Å². The molecule has 1 amide bonds. The Kier molecular flexibility index (Phi) is 5.43. The van der Waals surface area contributed by atoms with Crippen molar-refractivity contribution >= 4 is 27.5 Å². The molecular weight excluding hydrogens is 318 g/mol. The molecule has 110 valence electrons. The highest BCUT2D eigenvalue weighted by Crippen LogP contribution is 2.28. The minimum Gasteiger partial charge on any atom is -0.369 e. The van der Waals surface area contributed by atoms with Crippen LogP contribution in [-0.2, 0) is 11.3 Å². The van der Waals surface area contributed by atoms with Crippen molar-refractivity contribution in [2.45, 2.75) is 32.9 Å². The standard InChI is InChI=1S/C15H22BrN3O/c1-3-17-9-12-4-5-13(16)8-15(12)19-7-6-14(10-19)18-11(2)20/h4-5,8,14,17H,3,6-7,9-10H2,1-2H3,(H,18,20). The Morgan fingerprint density at radius 1 is 1.50 bits per heavy atom. The highest BCUT2D eigenvalue weighted by Gasteiger charge is 2.24. The maximum absolute atomic E-state index is 11.2. The summed E-state index contributed by atoms with van der Waals surface area (Å²) in [4.78, 5) is 13.5. The average molecular weight is 340 g/mol. The highest BCUT2D eigenvalue weighted by molar-refractivity contribution is 9.10. The molecule has 1 heterocycles. The van der Waals surface area contributed by atoms with Crippen LogP contribution in [0, 0.1) is 0 Å². The molecule has 2 rings (SSSR count). The average Bonchev–Trinajstić information content (AvgIpc) is 2.84. The van der Waals surface area contributed by atoms with Gasteiger partial charge >= 0.3 is 0 Å². The van der Waals surface area contributed by atoms with E-state index in [4.69, 9.17) is 0 Å². The molecule has 1 saturated heterocycles. The van der Waals surface area contributed by atoms with Crippen molar-refractivity contribution < 1.29 is 4.79 Å². The smallest absolute Gasteiger partial charge is 0.217 e. The van der Waals surface area contributed by atoms with E-state index in [-0.39, 0.29) is 11.9 Å². The second kappa shape index (κ2) is 7.09. The van der Waals surface area contributed by atoms with Gasteiger partial charge in [-0.05, 0) is 30.7 Å². The molecular formula is C15H22BrN3O. The first-order chi connectivity index (χ1) is 9.60. The molecule has 20 heavy (non-hydrogen) atoms. The first-order valence-corrected chi connectivity index (χ1v) is 7.90.